The fraction of sp³-hybridized carbons (Fsp3) is 0.263. The minimum absolute atomic E-state index is 0.169. The van der Waals surface area contributed by atoms with E-state index in [1.165, 1.54) is 16.6 Å². The Morgan fingerprint density at radius 3 is 2.72 bits per heavy atom. The molecule has 1 aliphatic rings. The Hall–Kier alpha value is -3.03. The molecule has 2 aromatic heterocycles. The lowest BCUT2D eigenvalue weighted by Gasteiger charge is -2.18. The molecule has 0 amide bonds. The molecular weight excluding hydrogens is 400 g/mol. The van der Waals surface area contributed by atoms with Crippen LogP contribution in [0.15, 0.2) is 30.6 Å². The quantitative estimate of drug-likeness (QED) is 0.666. The Morgan fingerprint density at radius 2 is 2.00 bits per heavy atom. The number of H-pyrrole nitrogens is 1. The van der Waals surface area contributed by atoms with Crippen molar-refractivity contribution in [3.8, 4) is 6.07 Å². The van der Waals surface area contributed by atoms with Crippen molar-refractivity contribution in [3.63, 3.8) is 0 Å². The molecule has 1 saturated heterocycles. The van der Waals surface area contributed by atoms with Gasteiger partial charge >= 0.3 is 10.2 Å². The smallest absolute Gasteiger partial charge is 0.301 e. The van der Waals surface area contributed by atoms with Gasteiger partial charge in [-0.1, -0.05) is 0 Å². The number of pyridine rings is 1. The van der Waals surface area contributed by atoms with Gasteiger partial charge in [0, 0.05) is 42.9 Å². The van der Waals surface area contributed by atoms with Gasteiger partial charge in [0.15, 0.2) is 5.82 Å². The van der Waals surface area contributed by atoms with Crippen LogP contribution < -0.4 is 4.72 Å². The van der Waals surface area contributed by atoms with E-state index in [1.807, 2.05) is 6.07 Å². The monoisotopic (exact) mass is 417 g/mol. The van der Waals surface area contributed by atoms with Gasteiger partial charge in [-0.2, -0.15) is 18.0 Å². The number of halogens is 2. The molecule has 0 saturated carbocycles. The molecule has 10 heteroatoms. The molecule has 1 aromatic carbocycles. The van der Waals surface area contributed by atoms with Crippen LogP contribution in [0.2, 0.25) is 0 Å². The third-order valence-corrected chi connectivity index (χ3v) is 6.50. The van der Waals surface area contributed by atoms with E-state index in [4.69, 9.17) is 0 Å². The molecule has 0 radical (unpaired) electrons. The van der Waals surface area contributed by atoms with Crippen LogP contribution in [-0.4, -0.2) is 35.8 Å². The Labute approximate surface area is 166 Å². The van der Waals surface area contributed by atoms with E-state index in [-0.39, 0.29) is 17.7 Å². The summed E-state index contributed by atoms with van der Waals surface area (Å²) in [6.45, 7) is 0.731. The van der Waals surface area contributed by atoms with Crippen LogP contribution in [0.4, 0.5) is 14.5 Å². The largest absolute Gasteiger partial charge is 0.346 e. The summed E-state index contributed by atoms with van der Waals surface area (Å²) in [5.41, 5.74) is 0.651. The highest BCUT2D eigenvalue weighted by atomic mass is 32.2. The molecule has 29 heavy (non-hydrogen) atoms. The topological polar surface area (TPSA) is 102 Å². The zero-order chi connectivity index (χ0) is 20.6. The van der Waals surface area contributed by atoms with Crippen LogP contribution in [0, 0.1) is 23.0 Å². The lowest BCUT2D eigenvalue weighted by atomic mass is 10.0. The minimum atomic E-state index is -3.91. The summed E-state index contributed by atoms with van der Waals surface area (Å²) in [6.07, 6.45) is 4.33. The third kappa shape index (κ3) is 3.54. The predicted octanol–water partition coefficient (Wildman–Crippen LogP) is 3.06. The van der Waals surface area contributed by atoms with E-state index >= 15 is 4.39 Å². The Bertz CT molecular complexity index is 1230. The molecule has 0 bridgehead atoms. The van der Waals surface area contributed by atoms with Crippen molar-refractivity contribution in [2.75, 3.05) is 17.8 Å². The lowest BCUT2D eigenvalue weighted by molar-refractivity contribution is 0.482. The first-order valence-electron chi connectivity index (χ1n) is 9.00. The molecule has 0 spiro atoms. The Balaban J connectivity index is 1.71. The van der Waals surface area contributed by atoms with Crippen LogP contribution in [0.1, 0.15) is 29.5 Å². The summed E-state index contributed by atoms with van der Waals surface area (Å²) in [7, 11) is -3.91. The van der Waals surface area contributed by atoms with E-state index in [9.17, 15) is 18.1 Å². The number of benzene rings is 1. The predicted molar refractivity (Wildman–Crippen MR) is 103 cm³/mol. The molecule has 2 N–H and O–H groups in total. The van der Waals surface area contributed by atoms with E-state index < -0.39 is 21.8 Å². The first kappa shape index (κ1) is 19.3. The SMILES string of the molecule is N#Cc1ccnc2[nH]cc(Cc3c(F)ccc(NS(=O)(=O)N4CCCC4)c3F)c12. The zero-order valence-corrected chi connectivity index (χ0v) is 16.1. The number of fused-ring (bicyclic) bond motifs is 1. The standard InChI is InChI=1S/C19H17F2N5O2S/c20-15-3-4-16(25-29(27,28)26-7-1-2-8-26)18(21)14(15)9-13-11-24-19-17(13)12(10-22)5-6-23-19/h3-6,11,25H,1-2,7-9H2,(H,23,24). The van der Waals surface area contributed by atoms with E-state index in [0.29, 0.717) is 35.2 Å². The average Bonchev–Trinajstić information content (AvgIpc) is 3.38. The molecule has 1 fully saturated rings. The molecule has 150 valence electrons. The van der Waals surface area contributed by atoms with Crippen molar-refractivity contribution in [2.45, 2.75) is 19.3 Å². The van der Waals surface area contributed by atoms with Crippen molar-refractivity contribution >= 4 is 26.9 Å². The zero-order valence-electron chi connectivity index (χ0n) is 15.2. The number of nitriles is 1. The summed E-state index contributed by atoms with van der Waals surface area (Å²) >= 11 is 0. The van der Waals surface area contributed by atoms with Crippen LogP contribution >= 0.6 is 0 Å². The van der Waals surface area contributed by atoms with E-state index in [0.717, 1.165) is 25.0 Å². The third-order valence-electron chi connectivity index (χ3n) is 4.97. The first-order valence-corrected chi connectivity index (χ1v) is 10.4. The second-order valence-corrected chi connectivity index (χ2v) is 8.46. The molecular formula is C19H17F2N5O2S. The maximum absolute atomic E-state index is 15.0. The van der Waals surface area contributed by atoms with Crippen molar-refractivity contribution in [1.29, 1.82) is 5.26 Å². The number of nitrogens with one attached hydrogen (secondary N) is 2. The average molecular weight is 417 g/mol. The number of rotatable bonds is 5. The van der Waals surface area contributed by atoms with Crippen molar-refractivity contribution in [1.82, 2.24) is 14.3 Å². The molecule has 3 heterocycles. The van der Waals surface area contributed by atoms with Crippen molar-refractivity contribution < 1.29 is 17.2 Å². The minimum Gasteiger partial charge on any atom is -0.346 e. The Kier molecular flexibility index (Phi) is 4.94. The highest BCUT2D eigenvalue weighted by Gasteiger charge is 2.27. The number of nitrogens with zero attached hydrogens (tertiary/aromatic N) is 3. The molecule has 0 unspecified atom stereocenters. The second kappa shape index (κ2) is 7.42. The second-order valence-electron chi connectivity index (χ2n) is 6.79. The van der Waals surface area contributed by atoms with Gasteiger partial charge in [0.25, 0.3) is 0 Å². The summed E-state index contributed by atoms with van der Waals surface area (Å²) in [4.78, 5) is 7.00. The molecule has 0 aliphatic carbocycles. The number of aromatic amines is 1. The molecule has 3 aromatic rings. The van der Waals surface area contributed by atoms with E-state index in [1.54, 1.807) is 6.20 Å². The fourth-order valence-corrected chi connectivity index (χ4v) is 4.82. The van der Waals surface area contributed by atoms with Gasteiger partial charge in [0.1, 0.15) is 11.5 Å². The van der Waals surface area contributed by atoms with Gasteiger partial charge in [-0.25, -0.2) is 13.8 Å². The maximum Gasteiger partial charge on any atom is 0.301 e. The van der Waals surface area contributed by atoms with Crippen LogP contribution in [0.25, 0.3) is 11.0 Å². The highest BCUT2D eigenvalue weighted by molar-refractivity contribution is 7.90. The maximum atomic E-state index is 15.0. The summed E-state index contributed by atoms with van der Waals surface area (Å²) in [5, 5.41) is 9.79. The van der Waals surface area contributed by atoms with E-state index in [2.05, 4.69) is 14.7 Å². The van der Waals surface area contributed by atoms with Gasteiger partial charge in [-0.3, -0.25) is 4.72 Å². The van der Waals surface area contributed by atoms with Gasteiger partial charge < -0.3 is 4.98 Å². The molecule has 0 atom stereocenters. The summed E-state index contributed by atoms with van der Waals surface area (Å²) in [5.74, 6) is -1.78. The normalized spacial score (nSPS) is 14.9. The van der Waals surface area contributed by atoms with Crippen molar-refractivity contribution in [2.24, 2.45) is 0 Å². The summed E-state index contributed by atoms with van der Waals surface area (Å²) in [6, 6.07) is 5.66. The fourth-order valence-electron chi connectivity index (χ4n) is 3.52. The summed E-state index contributed by atoms with van der Waals surface area (Å²) < 4.78 is 57.8. The Morgan fingerprint density at radius 1 is 1.24 bits per heavy atom. The lowest BCUT2D eigenvalue weighted by Crippen LogP contribution is -2.33. The van der Waals surface area contributed by atoms with Gasteiger partial charge in [-0.05, 0) is 36.6 Å². The first-order chi connectivity index (χ1) is 13.9. The highest BCUT2D eigenvalue weighted by Crippen LogP contribution is 2.29. The number of hydrogen-bond acceptors (Lipinski definition) is 4. The molecule has 4 rings (SSSR count). The number of anilines is 1. The number of aromatic nitrogens is 2. The van der Waals surface area contributed by atoms with Crippen molar-refractivity contribution in [3.05, 3.63) is 58.9 Å². The number of hydrogen-bond donors (Lipinski definition) is 2. The van der Waals surface area contributed by atoms with Gasteiger partial charge in [0.2, 0.25) is 0 Å². The van der Waals surface area contributed by atoms with Crippen LogP contribution in [0.5, 0.6) is 0 Å². The molecule has 7 nitrogen and oxygen atoms in total. The molecule has 1 aliphatic heterocycles. The van der Waals surface area contributed by atoms with Crippen LogP contribution in [0.3, 0.4) is 0 Å². The van der Waals surface area contributed by atoms with Gasteiger partial charge in [-0.15, -0.1) is 0 Å². The van der Waals surface area contributed by atoms with Crippen LogP contribution in [-0.2, 0) is 16.6 Å². The van der Waals surface area contributed by atoms with Gasteiger partial charge in [0.05, 0.1) is 17.3 Å².